The van der Waals surface area contributed by atoms with E-state index in [2.05, 4.69) is 34.2 Å². The number of hydrogen-bond donors (Lipinski definition) is 1. The molecule has 2 aromatic carbocycles. The summed E-state index contributed by atoms with van der Waals surface area (Å²) >= 11 is 3.64. The van der Waals surface area contributed by atoms with Crippen LogP contribution in [0.2, 0.25) is 0 Å². The maximum Gasteiger partial charge on any atom is 0.250 e. The van der Waals surface area contributed by atoms with Gasteiger partial charge in [0.1, 0.15) is 19.0 Å². The molecule has 1 heterocycles. The third kappa shape index (κ3) is 6.45. The third-order valence-corrected chi connectivity index (χ3v) is 7.89. The number of hydrogen-bond acceptors (Lipinski definition) is 7. The highest BCUT2D eigenvalue weighted by atomic mass is 79.9. The van der Waals surface area contributed by atoms with E-state index in [0.717, 1.165) is 36.1 Å². The summed E-state index contributed by atoms with van der Waals surface area (Å²) in [6, 6.07) is 13.6. The summed E-state index contributed by atoms with van der Waals surface area (Å²) in [6.07, 6.45) is 3.14. The van der Waals surface area contributed by atoms with Crippen molar-refractivity contribution in [1.82, 2.24) is 0 Å². The molecule has 0 radical (unpaired) electrons. The van der Waals surface area contributed by atoms with Crippen LogP contribution in [0.3, 0.4) is 0 Å². The highest BCUT2D eigenvalue weighted by molar-refractivity contribution is 9.10. The molecule has 210 valence electrons. The molecule has 0 saturated heterocycles. The van der Waals surface area contributed by atoms with Gasteiger partial charge in [-0.05, 0) is 77.0 Å². The molecule has 4 rings (SSSR count). The Morgan fingerprint density at radius 1 is 1.23 bits per heavy atom. The number of carbonyl (C=O) groups is 2. The minimum Gasteiger partial charge on any atom is -0.497 e. The minimum absolute atomic E-state index is 0.0423. The molecule has 0 aromatic heterocycles. The number of aliphatic imine (C=N–C) groups is 1. The summed E-state index contributed by atoms with van der Waals surface area (Å²) in [5, 5.41) is 13.1. The fourth-order valence-corrected chi connectivity index (χ4v) is 6.14. The van der Waals surface area contributed by atoms with Gasteiger partial charge in [0.15, 0.2) is 11.5 Å². The van der Waals surface area contributed by atoms with Crippen LogP contribution in [0.15, 0.2) is 57.1 Å². The molecule has 0 spiro atoms. The van der Waals surface area contributed by atoms with Gasteiger partial charge in [-0.3, -0.25) is 14.6 Å². The number of carbonyl (C=O) groups excluding carboxylic acids is 2. The van der Waals surface area contributed by atoms with E-state index in [1.54, 1.807) is 13.2 Å². The highest BCUT2D eigenvalue weighted by Crippen LogP contribution is 2.47. The molecule has 3 atom stereocenters. The van der Waals surface area contributed by atoms with Gasteiger partial charge in [0.2, 0.25) is 5.91 Å². The van der Waals surface area contributed by atoms with Crippen molar-refractivity contribution in [3.05, 3.63) is 63.3 Å². The standard InChI is InChI=1S/C31H34BrN3O5/c1-5-7-19-11-25-30(27(36)12-19)29(23(15-33)18(2)34-25)21-13-24(32)31(26(14-21)35-28(37)17-38-3)40-16-20-8-6-9-22(10-20)39-4/h6,8-10,13-14,19,23,29H,5,7,11-12,16-17H2,1-4H3,(H,35,37). The number of benzene rings is 2. The molecular formula is C31H34BrN3O5. The van der Waals surface area contributed by atoms with Gasteiger partial charge in [-0.15, -0.1) is 0 Å². The summed E-state index contributed by atoms with van der Waals surface area (Å²) < 4.78 is 17.1. The summed E-state index contributed by atoms with van der Waals surface area (Å²) in [6.45, 7) is 4.05. The number of nitriles is 1. The van der Waals surface area contributed by atoms with Crippen LogP contribution in [0.4, 0.5) is 5.69 Å². The van der Waals surface area contributed by atoms with E-state index in [1.165, 1.54) is 7.11 Å². The molecule has 1 aliphatic carbocycles. The third-order valence-electron chi connectivity index (χ3n) is 7.30. The van der Waals surface area contributed by atoms with E-state index in [-0.39, 0.29) is 30.8 Å². The number of nitrogens with zero attached hydrogens (tertiary/aromatic N) is 2. The Bertz CT molecular complexity index is 1390. The number of methoxy groups -OCH3 is 2. The minimum atomic E-state index is -0.608. The molecule has 1 amide bonds. The van der Waals surface area contributed by atoms with Crippen LogP contribution in [-0.2, 0) is 20.9 Å². The number of rotatable bonds is 10. The number of nitrogens with one attached hydrogen (secondary N) is 1. The zero-order chi connectivity index (χ0) is 28.8. The fraction of sp³-hybridized carbons (Fsp3) is 0.419. The highest BCUT2D eigenvalue weighted by Gasteiger charge is 2.41. The second-order valence-corrected chi connectivity index (χ2v) is 11.0. The SMILES string of the molecule is CCCC1CC(=O)C2=C(C1)N=C(C)C(C#N)C2c1cc(Br)c(OCc2cccc(OC)c2)c(NC(=O)COC)c1. The van der Waals surface area contributed by atoms with Crippen LogP contribution in [-0.4, -0.2) is 38.2 Å². The predicted molar refractivity (Wildman–Crippen MR) is 157 cm³/mol. The van der Waals surface area contributed by atoms with Crippen LogP contribution >= 0.6 is 15.9 Å². The first-order valence-electron chi connectivity index (χ1n) is 13.4. The second-order valence-electron chi connectivity index (χ2n) is 10.2. The summed E-state index contributed by atoms with van der Waals surface area (Å²) in [7, 11) is 3.05. The number of halogens is 1. The van der Waals surface area contributed by atoms with Crippen LogP contribution in [0.1, 0.15) is 56.6 Å². The van der Waals surface area contributed by atoms with E-state index in [1.807, 2.05) is 37.3 Å². The van der Waals surface area contributed by atoms with E-state index < -0.39 is 11.8 Å². The lowest BCUT2D eigenvalue weighted by Crippen LogP contribution is -2.32. The second kappa shape index (κ2) is 13.2. The van der Waals surface area contributed by atoms with Gasteiger partial charge < -0.3 is 19.5 Å². The molecular weight excluding hydrogens is 574 g/mol. The zero-order valence-corrected chi connectivity index (χ0v) is 24.8. The molecule has 8 nitrogen and oxygen atoms in total. The Kier molecular flexibility index (Phi) is 9.77. The Labute approximate surface area is 243 Å². The average Bonchev–Trinajstić information content (AvgIpc) is 2.92. The van der Waals surface area contributed by atoms with Crippen LogP contribution in [0.5, 0.6) is 11.5 Å². The number of ether oxygens (including phenoxy) is 3. The molecule has 3 unspecified atom stereocenters. The lowest BCUT2D eigenvalue weighted by molar-refractivity contribution is -0.119. The Morgan fingerprint density at radius 3 is 2.73 bits per heavy atom. The smallest absolute Gasteiger partial charge is 0.250 e. The van der Waals surface area contributed by atoms with Crippen LogP contribution in [0, 0.1) is 23.2 Å². The Hall–Kier alpha value is -3.48. The lowest BCUT2D eigenvalue weighted by Gasteiger charge is -2.35. The van der Waals surface area contributed by atoms with Crippen molar-refractivity contribution in [3.63, 3.8) is 0 Å². The first kappa shape index (κ1) is 29.5. The normalized spacial score (nSPS) is 20.4. The summed E-state index contributed by atoms with van der Waals surface area (Å²) in [5.74, 6) is -0.0260. The molecule has 1 aliphatic heterocycles. The van der Waals surface area contributed by atoms with Gasteiger partial charge in [-0.25, -0.2) is 0 Å². The zero-order valence-electron chi connectivity index (χ0n) is 23.3. The summed E-state index contributed by atoms with van der Waals surface area (Å²) in [5.41, 5.74) is 4.11. The van der Waals surface area contributed by atoms with Crippen molar-refractivity contribution in [2.45, 2.75) is 52.1 Å². The van der Waals surface area contributed by atoms with Gasteiger partial charge in [0.05, 0.1) is 29.3 Å². The van der Waals surface area contributed by atoms with E-state index >= 15 is 0 Å². The molecule has 0 fully saturated rings. The van der Waals surface area contributed by atoms with Crippen molar-refractivity contribution >= 4 is 39.0 Å². The number of amides is 1. The van der Waals surface area contributed by atoms with Crippen molar-refractivity contribution in [2.75, 3.05) is 26.1 Å². The maximum absolute atomic E-state index is 13.5. The van der Waals surface area contributed by atoms with E-state index in [0.29, 0.717) is 39.4 Å². The van der Waals surface area contributed by atoms with Gasteiger partial charge in [0, 0.05) is 36.4 Å². The van der Waals surface area contributed by atoms with E-state index in [4.69, 9.17) is 19.2 Å². The predicted octanol–water partition coefficient (Wildman–Crippen LogP) is 6.35. The van der Waals surface area contributed by atoms with Gasteiger partial charge in [-0.1, -0.05) is 25.5 Å². The molecule has 0 saturated carbocycles. The van der Waals surface area contributed by atoms with Crippen molar-refractivity contribution < 1.29 is 23.8 Å². The molecule has 2 aromatic rings. The average molecular weight is 609 g/mol. The molecule has 40 heavy (non-hydrogen) atoms. The van der Waals surface area contributed by atoms with Gasteiger partial charge in [-0.2, -0.15) is 5.26 Å². The van der Waals surface area contributed by atoms with Crippen molar-refractivity contribution in [2.24, 2.45) is 16.8 Å². The number of allylic oxidation sites excluding steroid dienone is 2. The molecule has 2 aliphatic rings. The number of Topliss-reactive ketones (excluding diaryl/α,β-unsaturated/α-hetero) is 1. The van der Waals surface area contributed by atoms with E-state index in [9.17, 15) is 14.9 Å². The first-order chi connectivity index (χ1) is 19.3. The number of ketones is 1. The Balaban J connectivity index is 1.76. The Morgan fingerprint density at radius 2 is 2.02 bits per heavy atom. The monoisotopic (exact) mass is 607 g/mol. The molecule has 0 bridgehead atoms. The number of anilines is 1. The maximum atomic E-state index is 13.5. The van der Waals surface area contributed by atoms with Gasteiger partial charge in [0.25, 0.3) is 0 Å². The van der Waals surface area contributed by atoms with Crippen molar-refractivity contribution in [1.29, 1.82) is 5.26 Å². The van der Waals surface area contributed by atoms with Crippen LogP contribution < -0.4 is 14.8 Å². The summed E-state index contributed by atoms with van der Waals surface area (Å²) in [4.78, 5) is 30.9. The lowest BCUT2D eigenvalue weighted by atomic mass is 9.70. The fourth-order valence-electron chi connectivity index (χ4n) is 5.55. The first-order valence-corrected chi connectivity index (χ1v) is 14.2. The van der Waals surface area contributed by atoms with Crippen molar-refractivity contribution in [3.8, 4) is 17.6 Å². The van der Waals surface area contributed by atoms with Crippen LogP contribution in [0.25, 0.3) is 0 Å². The molecule has 1 N–H and O–H groups in total. The quantitative estimate of drug-likeness (QED) is 0.337. The molecule has 9 heteroatoms. The topological polar surface area (TPSA) is 110 Å². The van der Waals surface area contributed by atoms with Gasteiger partial charge >= 0.3 is 0 Å². The largest absolute Gasteiger partial charge is 0.497 e.